The van der Waals surface area contributed by atoms with Gasteiger partial charge >= 0.3 is 11.8 Å². The summed E-state index contributed by atoms with van der Waals surface area (Å²) in [7, 11) is 0. The Morgan fingerprint density at radius 1 is 1.56 bits per heavy atom. The van der Waals surface area contributed by atoms with Crippen molar-refractivity contribution in [2.75, 3.05) is 0 Å². The van der Waals surface area contributed by atoms with Crippen LogP contribution < -0.4 is 5.32 Å². The standard InChI is InChI=1S/C9H12N4O5/c1-4(2)7(9(15)16)10-8(14)5-3-6(12-11-5)13(17)18/h3-4,7H,1-2H3,(H,10,14)(H,11,12)(H,15,16)/t7-/m1/s1. The predicted molar refractivity (Wildman–Crippen MR) is 59.0 cm³/mol. The fourth-order valence-corrected chi connectivity index (χ4v) is 1.25. The SMILES string of the molecule is CC(C)[C@@H](NC(=O)c1cc([N+](=O)[O-])[nH]n1)C(=O)O. The molecule has 1 aromatic heterocycles. The van der Waals surface area contributed by atoms with Crippen LogP contribution in [-0.2, 0) is 4.79 Å². The lowest BCUT2D eigenvalue weighted by Crippen LogP contribution is -2.44. The molecule has 0 saturated carbocycles. The van der Waals surface area contributed by atoms with E-state index in [-0.39, 0.29) is 11.6 Å². The normalized spacial score (nSPS) is 12.2. The first-order valence-electron chi connectivity index (χ1n) is 5.06. The van der Waals surface area contributed by atoms with E-state index in [2.05, 4.69) is 15.5 Å². The molecule has 1 amide bonds. The highest BCUT2D eigenvalue weighted by Crippen LogP contribution is 2.09. The maximum Gasteiger partial charge on any atom is 0.343 e. The van der Waals surface area contributed by atoms with Crippen molar-refractivity contribution < 1.29 is 19.6 Å². The Bertz CT molecular complexity index is 481. The molecule has 0 saturated heterocycles. The largest absolute Gasteiger partial charge is 0.480 e. The van der Waals surface area contributed by atoms with E-state index in [1.54, 1.807) is 13.8 Å². The number of nitrogens with zero attached hydrogens (tertiary/aromatic N) is 2. The summed E-state index contributed by atoms with van der Waals surface area (Å²) in [5, 5.41) is 27.0. The number of carbonyl (C=O) groups excluding carboxylic acids is 1. The van der Waals surface area contributed by atoms with E-state index in [1.807, 2.05) is 0 Å². The predicted octanol–water partition coefficient (Wildman–Crippen LogP) is 0.157. The summed E-state index contributed by atoms with van der Waals surface area (Å²) in [6.45, 7) is 3.26. The van der Waals surface area contributed by atoms with Gasteiger partial charge in [0.2, 0.25) is 0 Å². The molecule has 1 atom stereocenters. The third-order valence-electron chi connectivity index (χ3n) is 2.21. The van der Waals surface area contributed by atoms with Crippen molar-refractivity contribution in [1.29, 1.82) is 0 Å². The average Bonchev–Trinajstić information content (AvgIpc) is 2.73. The monoisotopic (exact) mass is 256 g/mol. The summed E-state index contributed by atoms with van der Waals surface area (Å²) in [5.74, 6) is -2.71. The summed E-state index contributed by atoms with van der Waals surface area (Å²) in [5.41, 5.74) is -0.228. The zero-order chi connectivity index (χ0) is 13.9. The second-order valence-corrected chi connectivity index (χ2v) is 3.93. The van der Waals surface area contributed by atoms with Crippen molar-refractivity contribution in [3.05, 3.63) is 21.9 Å². The minimum absolute atomic E-state index is 0.228. The number of nitro groups is 1. The number of aromatic nitrogens is 2. The number of hydrogen-bond acceptors (Lipinski definition) is 5. The Balaban J connectivity index is 2.80. The topological polar surface area (TPSA) is 138 Å². The van der Waals surface area contributed by atoms with E-state index in [1.165, 1.54) is 0 Å². The number of rotatable bonds is 5. The summed E-state index contributed by atoms with van der Waals surface area (Å²) in [6, 6.07) is -0.137. The number of hydrogen-bond donors (Lipinski definition) is 3. The first kappa shape index (κ1) is 13.6. The summed E-state index contributed by atoms with van der Waals surface area (Å²) < 4.78 is 0. The molecule has 3 N–H and O–H groups in total. The van der Waals surface area contributed by atoms with Gasteiger partial charge in [-0.1, -0.05) is 18.9 Å². The molecule has 98 valence electrons. The lowest BCUT2D eigenvalue weighted by Gasteiger charge is -2.16. The summed E-state index contributed by atoms with van der Waals surface area (Å²) in [4.78, 5) is 32.1. The lowest BCUT2D eigenvalue weighted by atomic mass is 10.0. The van der Waals surface area contributed by atoms with E-state index in [4.69, 9.17) is 5.11 Å². The minimum atomic E-state index is -1.18. The number of carbonyl (C=O) groups is 2. The van der Waals surface area contributed by atoms with E-state index < -0.39 is 28.7 Å². The molecule has 0 aliphatic rings. The van der Waals surface area contributed by atoms with Gasteiger partial charge in [-0.25, -0.2) is 4.79 Å². The zero-order valence-electron chi connectivity index (χ0n) is 9.71. The number of aromatic amines is 1. The molecule has 0 fully saturated rings. The lowest BCUT2D eigenvalue weighted by molar-refractivity contribution is -0.389. The fraction of sp³-hybridized carbons (Fsp3) is 0.444. The Hall–Kier alpha value is -2.45. The molecule has 0 unspecified atom stereocenters. The van der Waals surface area contributed by atoms with Crippen LogP contribution >= 0.6 is 0 Å². The van der Waals surface area contributed by atoms with Gasteiger partial charge in [-0.05, 0) is 10.8 Å². The van der Waals surface area contributed by atoms with E-state index in [0.29, 0.717) is 0 Å². The Morgan fingerprint density at radius 2 is 2.17 bits per heavy atom. The molecule has 0 radical (unpaired) electrons. The highest BCUT2D eigenvalue weighted by atomic mass is 16.6. The number of carboxylic acid groups (broad SMARTS) is 1. The molecule has 0 spiro atoms. The van der Waals surface area contributed by atoms with Gasteiger partial charge in [-0.3, -0.25) is 4.79 Å². The Labute approximate surface area is 101 Å². The smallest absolute Gasteiger partial charge is 0.343 e. The Kier molecular flexibility index (Phi) is 3.97. The molecular weight excluding hydrogens is 244 g/mol. The molecule has 9 heteroatoms. The van der Waals surface area contributed by atoms with Crippen LogP contribution in [0, 0.1) is 16.0 Å². The molecule has 0 bridgehead atoms. The van der Waals surface area contributed by atoms with Gasteiger partial charge in [0.1, 0.15) is 6.04 Å². The van der Waals surface area contributed by atoms with Crippen LogP contribution in [0.15, 0.2) is 6.07 Å². The average molecular weight is 256 g/mol. The van der Waals surface area contributed by atoms with Crippen molar-refractivity contribution in [3.63, 3.8) is 0 Å². The first-order chi connectivity index (χ1) is 8.32. The third kappa shape index (κ3) is 3.03. The van der Waals surface area contributed by atoms with Crippen LogP contribution in [0.25, 0.3) is 0 Å². The second kappa shape index (κ2) is 5.25. The fourth-order valence-electron chi connectivity index (χ4n) is 1.25. The van der Waals surface area contributed by atoms with E-state index in [0.717, 1.165) is 6.07 Å². The molecule has 1 aromatic rings. The van der Waals surface area contributed by atoms with Gasteiger partial charge in [-0.2, -0.15) is 0 Å². The number of amides is 1. The van der Waals surface area contributed by atoms with Crippen LogP contribution in [0.2, 0.25) is 0 Å². The van der Waals surface area contributed by atoms with Gasteiger partial charge < -0.3 is 20.5 Å². The molecule has 18 heavy (non-hydrogen) atoms. The third-order valence-corrected chi connectivity index (χ3v) is 2.21. The maximum absolute atomic E-state index is 11.6. The van der Waals surface area contributed by atoms with Gasteiger partial charge in [0.15, 0.2) is 5.69 Å². The highest BCUT2D eigenvalue weighted by molar-refractivity contribution is 5.95. The molecule has 9 nitrogen and oxygen atoms in total. The summed E-state index contributed by atoms with van der Waals surface area (Å²) >= 11 is 0. The quantitative estimate of drug-likeness (QED) is 0.506. The highest BCUT2D eigenvalue weighted by Gasteiger charge is 2.26. The summed E-state index contributed by atoms with van der Waals surface area (Å²) in [6.07, 6.45) is 0. The van der Waals surface area contributed by atoms with Crippen LogP contribution in [0.4, 0.5) is 5.82 Å². The second-order valence-electron chi connectivity index (χ2n) is 3.93. The number of nitrogens with one attached hydrogen (secondary N) is 2. The van der Waals surface area contributed by atoms with Gasteiger partial charge in [-0.15, -0.1) is 5.10 Å². The van der Waals surface area contributed by atoms with Crippen molar-refractivity contribution in [2.45, 2.75) is 19.9 Å². The van der Waals surface area contributed by atoms with Crippen molar-refractivity contribution in [2.24, 2.45) is 5.92 Å². The van der Waals surface area contributed by atoms with E-state index >= 15 is 0 Å². The number of aliphatic carboxylic acids is 1. The van der Waals surface area contributed by atoms with Crippen molar-refractivity contribution >= 4 is 17.7 Å². The minimum Gasteiger partial charge on any atom is -0.480 e. The molecule has 0 aliphatic carbocycles. The maximum atomic E-state index is 11.6. The number of carboxylic acids is 1. The molecule has 0 aliphatic heterocycles. The van der Waals surface area contributed by atoms with Crippen LogP contribution in [-0.4, -0.2) is 38.1 Å². The van der Waals surface area contributed by atoms with E-state index in [9.17, 15) is 19.7 Å². The molecule has 0 aromatic carbocycles. The van der Waals surface area contributed by atoms with Gasteiger partial charge in [0.25, 0.3) is 5.91 Å². The van der Waals surface area contributed by atoms with Crippen LogP contribution in [0.3, 0.4) is 0 Å². The van der Waals surface area contributed by atoms with Crippen LogP contribution in [0.1, 0.15) is 24.3 Å². The van der Waals surface area contributed by atoms with Gasteiger partial charge in [0.05, 0.1) is 6.07 Å². The molecule has 1 rings (SSSR count). The van der Waals surface area contributed by atoms with Gasteiger partial charge in [0, 0.05) is 0 Å². The molecule has 1 heterocycles. The zero-order valence-corrected chi connectivity index (χ0v) is 9.71. The van der Waals surface area contributed by atoms with Crippen LogP contribution in [0.5, 0.6) is 0 Å². The number of H-pyrrole nitrogens is 1. The van der Waals surface area contributed by atoms with Crippen molar-refractivity contribution in [3.8, 4) is 0 Å². The Morgan fingerprint density at radius 3 is 2.56 bits per heavy atom. The molecular formula is C9H12N4O5. The first-order valence-corrected chi connectivity index (χ1v) is 5.06. The van der Waals surface area contributed by atoms with Crippen molar-refractivity contribution in [1.82, 2.24) is 15.5 Å².